The number of piperidine rings is 1. The number of aromatic nitrogens is 1. The van der Waals surface area contributed by atoms with Crippen LogP contribution in [0.4, 0.5) is 4.39 Å². The number of halogens is 1. The molecule has 0 saturated carbocycles. The largest absolute Gasteiger partial charge is 0.356 e. The highest BCUT2D eigenvalue weighted by Gasteiger charge is 2.43. The molecule has 1 aliphatic rings. The normalized spacial score (nSPS) is 18.1. The molecule has 2 heterocycles. The lowest BCUT2D eigenvalue weighted by Crippen LogP contribution is -2.54. The molecule has 0 radical (unpaired) electrons. The lowest BCUT2D eigenvalue weighted by molar-refractivity contribution is -0.133. The summed E-state index contributed by atoms with van der Waals surface area (Å²) in [6.45, 7) is 3.40. The topological polar surface area (TPSA) is 62.3 Å². The maximum Gasteiger partial charge on any atom is 0.253 e. The van der Waals surface area contributed by atoms with Crippen LogP contribution in [0.1, 0.15) is 35.7 Å². The molecule has 0 unspecified atom stereocenters. The third-order valence-corrected chi connectivity index (χ3v) is 6.24. The second-order valence-electron chi connectivity index (χ2n) is 8.59. The minimum atomic E-state index is -0.725. The van der Waals surface area contributed by atoms with Gasteiger partial charge in [-0.3, -0.25) is 14.6 Å². The van der Waals surface area contributed by atoms with Crippen molar-refractivity contribution in [3.63, 3.8) is 0 Å². The molecule has 0 spiro atoms. The first-order chi connectivity index (χ1) is 16.0. The van der Waals surface area contributed by atoms with Gasteiger partial charge in [0.2, 0.25) is 5.91 Å². The van der Waals surface area contributed by atoms with Gasteiger partial charge in [0, 0.05) is 37.6 Å². The van der Waals surface area contributed by atoms with E-state index in [1.807, 2.05) is 37.3 Å². The minimum absolute atomic E-state index is 0.0339. The van der Waals surface area contributed by atoms with Crippen LogP contribution in [0.5, 0.6) is 0 Å². The van der Waals surface area contributed by atoms with E-state index in [0.29, 0.717) is 38.0 Å². The predicted molar refractivity (Wildman–Crippen MR) is 126 cm³/mol. The van der Waals surface area contributed by atoms with Crippen molar-refractivity contribution < 1.29 is 14.0 Å². The van der Waals surface area contributed by atoms with E-state index in [4.69, 9.17) is 0 Å². The smallest absolute Gasteiger partial charge is 0.253 e. The number of rotatable bonds is 6. The van der Waals surface area contributed by atoms with Crippen molar-refractivity contribution >= 4 is 11.8 Å². The van der Waals surface area contributed by atoms with Gasteiger partial charge in [0.05, 0.1) is 5.41 Å². The number of pyridine rings is 1. The number of hydrogen-bond donors (Lipinski definition) is 1. The Morgan fingerprint density at radius 2 is 1.79 bits per heavy atom. The molecule has 1 aromatic heterocycles. The first-order valence-corrected chi connectivity index (χ1v) is 11.3. The molecule has 0 aliphatic carbocycles. The number of benzene rings is 2. The second kappa shape index (κ2) is 9.94. The standard InChI is InChI=1S/C27H28FN3O2/c1-2-30-26(33)27(12-5-15-31(19-27)25(32)21-10-13-29-14-11-21)18-20-6-3-7-22(16-20)23-8-4-9-24(28)17-23/h3-4,6-11,13-14,16-17H,2,5,12,15,18-19H2,1H3,(H,30,33)/t27-/m1/s1. The van der Waals surface area contributed by atoms with Gasteiger partial charge in [-0.05, 0) is 67.1 Å². The van der Waals surface area contributed by atoms with Crippen molar-refractivity contribution in [1.29, 1.82) is 0 Å². The van der Waals surface area contributed by atoms with E-state index in [1.165, 1.54) is 12.1 Å². The van der Waals surface area contributed by atoms with Gasteiger partial charge in [-0.25, -0.2) is 4.39 Å². The Morgan fingerprint density at radius 1 is 1.06 bits per heavy atom. The highest BCUT2D eigenvalue weighted by Crippen LogP contribution is 2.36. The van der Waals surface area contributed by atoms with Crippen LogP contribution in [0.2, 0.25) is 0 Å². The van der Waals surface area contributed by atoms with E-state index in [-0.39, 0.29) is 17.6 Å². The SMILES string of the molecule is CCNC(=O)[C@@]1(Cc2cccc(-c3cccc(F)c3)c2)CCCN(C(=O)c2ccncc2)C1. The summed E-state index contributed by atoms with van der Waals surface area (Å²) in [4.78, 5) is 32.2. The van der Waals surface area contributed by atoms with E-state index in [9.17, 15) is 14.0 Å². The molecule has 1 fully saturated rings. The number of carbonyl (C=O) groups excluding carboxylic acids is 2. The first-order valence-electron chi connectivity index (χ1n) is 11.3. The summed E-state index contributed by atoms with van der Waals surface area (Å²) < 4.78 is 13.7. The number of hydrogen-bond acceptors (Lipinski definition) is 3. The van der Waals surface area contributed by atoms with Crippen molar-refractivity contribution in [2.75, 3.05) is 19.6 Å². The van der Waals surface area contributed by atoms with Crippen LogP contribution in [0.25, 0.3) is 11.1 Å². The molecule has 4 rings (SSSR count). The van der Waals surface area contributed by atoms with Gasteiger partial charge < -0.3 is 10.2 Å². The quantitative estimate of drug-likeness (QED) is 0.608. The third kappa shape index (κ3) is 5.11. The lowest BCUT2D eigenvalue weighted by Gasteiger charge is -2.42. The summed E-state index contributed by atoms with van der Waals surface area (Å²) in [5, 5.41) is 2.99. The molecule has 6 heteroatoms. The molecule has 0 bridgehead atoms. The van der Waals surface area contributed by atoms with Gasteiger partial charge in [0.1, 0.15) is 5.82 Å². The van der Waals surface area contributed by atoms with Gasteiger partial charge in [-0.15, -0.1) is 0 Å². The fourth-order valence-electron chi connectivity index (χ4n) is 4.66. The number of likely N-dealkylation sites (tertiary alicyclic amines) is 1. The van der Waals surface area contributed by atoms with Gasteiger partial charge >= 0.3 is 0 Å². The number of nitrogens with zero attached hydrogens (tertiary/aromatic N) is 2. The second-order valence-corrected chi connectivity index (χ2v) is 8.59. The summed E-state index contributed by atoms with van der Waals surface area (Å²) in [6, 6.07) is 17.8. The van der Waals surface area contributed by atoms with Crippen LogP contribution >= 0.6 is 0 Å². The van der Waals surface area contributed by atoms with Crippen molar-refractivity contribution in [3.05, 3.63) is 90.0 Å². The molecule has 1 atom stereocenters. The highest BCUT2D eigenvalue weighted by atomic mass is 19.1. The van der Waals surface area contributed by atoms with Crippen LogP contribution in [0.3, 0.4) is 0 Å². The van der Waals surface area contributed by atoms with Gasteiger partial charge in [-0.1, -0.05) is 36.4 Å². The Labute approximate surface area is 193 Å². The third-order valence-electron chi connectivity index (χ3n) is 6.24. The summed E-state index contributed by atoms with van der Waals surface area (Å²) in [7, 11) is 0. The summed E-state index contributed by atoms with van der Waals surface area (Å²) in [5.41, 5.74) is 2.53. The van der Waals surface area contributed by atoms with Crippen LogP contribution < -0.4 is 5.32 Å². The molecule has 1 N–H and O–H groups in total. The molecule has 2 amide bonds. The molecule has 33 heavy (non-hydrogen) atoms. The molecule has 5 nitrogen and oxygen atoms in total. The highest BCUT2D eigenvalue weighted by molar-refractivity contribution is 5.95. The maximum absolute atomic E-state index is 13.7. The van der Waals surface area contributed by atoms with E-state index < -0.39 is 5.41 Å². The average Bonchev–Trinajstić information content (AvgIpc) is 2.84. The predicted octanol–water partition coefficient (Wildman–Crippen LogP) is 4.49. The van der Waals surface area contributed by atoms with Crippen molar-refractivity contribution in [3.8, 4) is 11.1 Å². The van der Waals surface area contributed by atoms with E-state index >= 15 is 0 Å². The molecular formula is C27H28FN3O2. The fraction of sp³-hybridized carbons (Fsp3) is 0.296. The maximum atomic E-state index is 13.7. The van der Waals surface area contributed by atoms with Gasteiger partial charge in [0.15, 0.2) is 0 Å². The van der Waals surface area contributed by atoms with Gasteiger partial charge in [0.25, 0.3) is 5.91 Å². The monoisotopic (exact) mass is 445 g/mol. The summed E-state index contributed by atoms with van der Waals surface area (Å²) in [5.74, 6) is -0.401. The minimum Gasteiger partial charge on any atom is -0.356 e. The number of amides is 2. The molecule has 1 saturated heterocycles. The Kier molecular flexibility index (Phi) is 6.82. The molecule has 1 aliphatic heterocycles. The Bertz CT molecular complexity index is 1130. The first kappa shape index (κ1) is 22.6. The fourth-order valence-corrected chi connectivity index (χ4v) is 4.66. The van der Waals surface area contributed by atoms with Crippen LogP contribution in [0.15, 0.2) is 73.1 Å². The Balaban J connectivity index is 1.63. The Morgan fingerprint density at radius 3 is 2.52 bits per heavy atom. The average molecular weight is 446 g/mol. The number of nitrogens with one attached hydrogen (secondary N) is 1. The van der Waals surface area contributed by atoms with Crippen LogP contribution in [-0.4, -0.2) is 41.3 Å². The summed E-state index contributed by atoms with van der Waals surface area (Å²) >= 11 is 0. The molecule has 170 valence electrons. The Hall–Kier alpha value is -3.54. The zero-order valence-electron chi connectivity index (χ0n) is 18.8. The lowest BCUT2D eigenvalue weighted by atomic mass is 9.73. The number of carbonyl (C=O) groups is 2. The van der Waals surface area contributed by atoms with E-state index in [1.54, 1.807) is 35.5 Å². The zero-order valence-corrected chi connectivity index (χ0v) is 18.8. The van der Waals surface area contributed by atoms with Crippen LogP contribution in [0, 0.1) is 11.2 Å². The zero-order chi connectivity index (χ0) is 23.3. The van der Waals surface area contributed by atoms with Crippen LogP contribution in [-0.2, 0) is 11.2 Å². The molecule has 3 aromatic rings. The molecular weight excluding hydrogens is 417 g/mol. The van der Waals surface area contributed by atoms with Crippen molar-refractivity contribution in [2.45, 2.75) is 26.2 Å². The van der Waals surface area contributed by atoms with Crippen molar-refractivity contribution in [1.82, 2.24) is 15.2 Å². The van der Waals surface area contributed by atoms with Gasteiger partial charge in [-0.2, -0.15) is 0 Å². The van der Waals surface area contributed by atoms with E-state index in [0.717, 1.165) is 23.1 Å². The van der Waals surface area contributed by atoms with E-state index in [2.05, 4.69) is 10.3 Å². The molecule has 2 aromatic carbocycles. The summed E-state index contributed by atoms with van der Waals surface area (Å²) in [6.07, 6.45) is 5.15. The van der Waals surface area contributed by atoms with Crippen molar-refractivity contribution in [2.24, 2.45) is 5.41 Å².